The zero-order chi connectivity index (χ0) is 11.7. The molecule has 0 aliphatic heterocycles. The van der Waals surface area contributed by atoms with Gasteiger partial charge >= 0.3 is 18.9 Å². The van der Waals surface area contributed by atoms with Gasteiger partial charge in [0.1, 0.15) is 0 Å². The molecule has 0 fully saturated rings. The number of rotatable bonds is 3. The van der Waals surface area contributed by atoms with E-state index in [2.05, 4.69) is 4.98 Å². The van der Waals surface area contributed by atoms with E-state index >= 15 is 0 Å². The minimum atomic E-state index is -1.20. The second-order valence-electron chi connectivity index (χ2n) is 3.32. The first kappa shape index (κ1) is 13.6. The van der Waals surface area contributed by atoms with Crippen molar-refractivity contribution in [3.8, 4) is 5.88 Å². The second kappa shape index (κ2) is 5.26. The van der Waals surface area contributed by atoms with Gasteiger partial charge in [-0.3, -0.25) is 0 Å². The molecule has 0 amide bonds. The normalized spacial score (nSPS) is 10.0. The molecular weight excluding hydrogens is 215 g/mol. The monoisotopic (exact) mass is 226 g/mol. The van der Waals surface area contributed by atoms with Gasteiger partial charge in [-0.2, -0.15) is 0 Å². The number of carboxylic acid groups (broad SMARTS) is 1. The Morgan fingerprint density at radius 1 is 1.53 bits per heavy atom. The van der Waals surface area contributed by atoms with E-state index in [1.807, 2.05) is 6.92 Å². The third kappa shape index (κ3) is 2.31. The van der Waals surface area contributed by atoms with E-state index in [9.17, 15) is 9.90 Å². The molecule has 84 valence electrons. The summed E-state index contributed by atoms with van der Waals surface area (Å²) >= 11 is 0. The first-order chi connectivity index (χ1) is 7.67. The molecule has 0 radical (unpaired) electrons. The SMILES string of the molecule is CCn1c(C(=O)[O-])cc2nc(OC)ccc21.[Li+]. The molecule has 0 aliphatic carbocycles. The average Bonchev–Trinajstić information content (AvgIpc) is 2.66. The van der Waals surface area contributed by atoms with E-state index in [4.69, 9.17) is 4.74 Å². The van der Waals surface area contributed by atoms with E-state index in [0.29, 0.717) is 17.9 Å². The molecule has 0 atom stereocenters. The van der Waals surface area contributed by atoms with Gasteiger partial charge < -0.3 is 19.2 Å². The maximum absolute atomic E-state index is 10.9. The second-order valence-corrected chi connectivity index (χ2v) is 3.32. The fraction of sp³-hybridized carbons (Fsp3) is 0.273. The maximum atomic E-state index is 10.9. The van der Waals surface area contributed by atoms with Gasteiger partial charge in [-0.1, -0.05) is 0 Å². The molecule has 0 N–H and O–H groups in total. The van der Waals surface area contributed by atoms with Crippen molar-refractivity contribution in [2.24, 2.45) is 0 Å². The number of hydrogen-bond acceptors (Lipinski definition) is 4. The summed E-state index contributed by atoms with van der Waals surface area (Å²) in [4.78, 5) is 15.1. The standard InChI is InChI=1S/C11H12N2O3.Li/c1-3-13-8-4-5-10(16-2)12-7(8)6-9(13)11(14)15;/h4-6H,3H2,1-2H3,(H,14,15);/q;+1/p-1. The van der Waals surface area contributed by atoms with Crippen LogP contribution in [0.3, 0.4) is 0 Å². The Kier molecular flexibility index (Phi) is 4.21. The Hall–Kier alpha value is -1.44. The molecule has 0 saturated heterocycles. The number of aryl methyl sites for hydroxylation is 1. The van der Waals surface area contributed by atoms with Gasteiger partial charge in [0.05, 0.1) is 29.8 Å². The van der Waals surface area contributed by atoms with Gasteiger partial charge in [0.2, 0.25) is 5.88 Å². The van der Waals surface area contributed by atoms with E-state index in [0.717, 1.165) is 5.52 Å². The van der Waals surface area contributed by atoms with Crippen molar-refractivity contribution in [3.05, 3.63) is 23.9 Å². The number of ether oxygens (including phenoxy) is 1. The average molecular weight is 226 g/mol. The topological polar surface area (TPSA) is 67.2 Å². The summed E-state index contributed by atoms with van der Waals surface area (Å²) in [5, 5.41) is 10.9. The van der Waals surface area contributed by atoms with Crippen molar-refractivity contribution in [2.45, 2.75) is 13.5 Å². The van der Waals surface area contributed by atoms with Gasteiger partial charge in [-0.05, 0) is 19.1 Å². The largest absolute Gasteiger partial charge is 1.00 e. The summed E-state index contributed by atoms with van der Waals surface area (Å²) in [6, 6.07) is 4.99. The minimum Gasteiger partial charge on any atom is -0.543 e. The number of fused-ring (bicyclic) bond motifs is 1. The Morgan fingerprint density at radius 2 is 2.24 bits per heavy atom. The number of pyridine rings is 1. The number of methoxy groups -OCH3 is 1. The smallest absolute Gasteiger partial charge is 0.543 e. The molecule has 2 heterocycles. The summed E-state index contributed by atoms with van der Waals surface area (Å²) in [5.41, 5.74) is 1.50. The van der Waals surface area contributed by atoms with Crippen LogP contribution in [0.15, 0.2) is 18.2 Å². The third-order valence-corrected chi connectivity index (χ3v) is 2.47. The van der Waals surface area contributed by atoms with Crippen LogP contribution >= 0.6 is 0 Å². The summed E-state index contributed by atoms with van der Waals surface area (Å²) < 4.78 is 6.63. The van der Waals surface area contributed by atoms with Crippen LogP contribution < -0.4 is 28.7 Å². The number of hydrogen-bond donors (Lipinski definition) is 0. The summed E-state index contributed by atoms with van der Waals surface area (Å²) in [6.45, 7) is 2.43. The van der Waals surface area contributed by atoms with E-state index in [1.54, 1.807) is 16.7 Å². The minimum absolute atomic E-state index is 0. The van der Waals surface area contributed by atoms with E-state index < -0.39 is 5.97 Å². The first-order valence-electron chi connectivity index (χ1n) is 4.93. The molecule has 6 heteroatoms. The third-order valence-electron chi connectivity index (χ3n) is 2.47. The van der Waals surface area contributed by atoms with Crippen LogP contribution in [0.2, 0.25) is 0 Å². The number of aromatic carboxylic acids is 1. The van der Waals surface area contributed by atoms with Crippen LogP contribution in [0, 0.1) is 0 Å². The van der Waals surface area contributed by atoms with Crippen molar-refractivity contribution in [1.82, 2.24) is 9.55 Å². The fourth-order valence-electron chi connectivity index (χ4n) is 1.74. The molecule has 0 unspecified atom stereocenters. The number of carbonyl (C=O) groups excluding carboxylic acids is 1. The molecule has 0 aromatic carbocycles. The van der Waals surface area contributed by atoms with Crippen LogP contribution in [0.4, 0.5) is 0 Å². The fourth-order valence-corrected chi connectivity index (χ4v) is 1.74. The van der Waals surface area contributed by atoms with Crippen LogP contribution in [0.1, 0.15) is 17.4 Å². The van der Waals surface area contributed by atoms with Crippen molar-refractivity contribution < 1.29 is 33.5 Å². The van der Waals surface area contributed by atoms with Crippen molar-refractivity contribution >= 4 is 17.0 Å². The molecule has 5 nitrogen and oxygen atoms in total. The zero-order valence-corrected chi connectivity index (χ0v) is 10.1. The number of nitrogens with zero attached hydrogens (tertiary/aromatic N) is 2. The first-order valence-corrected chi connectivity index (χ1v) is 4.93. The number of carbonyl (C=O) groups is 1. The summed E-state index contributed by atoms with van der Waals surface area (Å²) in [6.07, 6.45) is 0. The van der Waals surface area contributed by atoms with Gasteiger partial charge in [0, 0.05) is 12.6 Å². The van der Waals surface area contributed by atoms with Gasteiger partial charge in [-0.25, -0.2) is 4.98 Å². The van der Waals surface area contributed by atoms with Crippen LogP contribution in [-0.4, -0.2) is 22.6 Å². The van der Waals surface area contributed by atoms with Crippen molar-refractivity contribution in [3.63, 3.8) is 0 Å². The maximum Gasteiger partial charge on any atom is 1.00 e. The quantitative estimate of drug-likeness (QED) is 0.540. The molecule has 2 aromatic heterocycles. The molecule has 0 saturated carbocycles. The van der Waals surface area contributed by atoms with E-state index in [1.165, 1.54) is 13.2 Å². The number of aromatic nitrogens is 2. The molecule has 0 aliphatic rings. The van der Waals surface area contributed by atoms with Crippen molar-refractivity contribution in [2.75, 3.05) is 7.11 Å². The van der Waals surface area contributed by atoms with Crippen LogP contribution in [-0.2, 0) is 6.54 Å². The molecule has 2 aromatic rings. The molecule has 0 bridgehead atoms. The summed E-state index contributed by atoms with van der Waals surface area (Å²) in [5.74, 6) is -0.732. The molecule has 17 heavy (non-hydrogen) atoms. The Labute approximate surface area is 111 Å². The van der Waals surface area contributed by atoms with Crippen molar-refractivity contribution in [1.29, 1.82) is 0 Å². The van der Waals surface area contributed by atoms with Crippen LogP contribution in [0.25, 0.3) is 11.0 Å². The molecule has 2 rings (SSSR count). The molecular formula is C11H11LiN2O3. The van der Waals surface area contributed by atoms with E-state index in [-0.39, 0.29) is 24.6 Å². The van der Waals surface area contributed by atoms with Gasteiger partial charge in [-0.15, -0.1) is 0 Å². The Balaban J connectivity index is 0.00000144. The Morgan fingerprint density at radius 3 is 2.76 bits per heavy atom. The van der Waals surface area contributed by atoms with Crippen LogP contribution in [0.5, 0.6) is 5.88 Å². The molecule has 0 spiro atoms. The summed E-state index contributed by atoms with van der Waals surface area (Å²) in [7, 11) is 1.52. The predicted octanol–water partition coefficient (Wildman–Crippen LogP) is -2.57. The predicted molar refractivity (Wildman–Crippen MR) is 56.3 cm³/mol. The zero-order valence-electron chi connectivity index (χ0n) is 10.1. The van der Waals surface area contributed by atoms with Gasteiger partial charge in [0.25, 0.3) is 0 Å². The Bertz CT molecular complexity index is 551. The number of carboxylic acids is 1. The van der Waals surface area contributed by atoms with Gasteiger partial charge in [0.15, 0.2) is 0 Å².